The van der Waals surface area contributed by atoms with Crippen LogP contribution in [0.15, 0.2) is 48.5 Å². The van der Waals surface area contributed by atoms with E-state index in [0.717, 1.165) is 25.0 Å². The van der Waals surface area contributed by atoms with Gasteiger partial charge in [0.15, 0.2) is 0 Å². The average Bonchev–Trinajstić information content (AvgIpc) is 2.55. The van der Waals surface area contributed by atoms with Gasteiger partial charge in [-0.3, -0.25) is 4.79 Å². The maximum absolute atomic E-state index is 11.9. The summed E-state index contributed by atoms with van der Waals surface area (Å²) in [5.41, 5.74) is 1.92. The number of carbonyl (C=O) groups is 1. The highest BCUT2D eigenvalue weighted by Gasteiger charge is 2.04. The molecule has 1 N–H and O–H groups in total. The molecular weight excluding hydrogens is 298 g/mol. The van der Waals surface area contributed by atoms with Crippen molar-refractivity contribution < 1.29 is 9.53 Å². The summed E-state index contributed by atoms with van der Waals surface area (Å²) in [6.07, 6.45) is 2.99. The number of hydrogen-bond acceptors (Lipinski definition) is 2. The van der Waals surface area contributed by atoms with Gasteiger partial charge in [0.2, 0.25) is 0 Å². The number of carbonyl (C=O) groups excluding carboxylic acids is 1. The van der Waals surface area contributed by atoms with Crippen molar-refractivity contribution in [2.75, 3.05) is 13.7 Å². The Morgan fingerprint density at radius 2 is 1.73 bits per heavy atom. The summed E-state index contributed by atoms with van der Waals surface area (Å²) in [5.74, 6) is 0.820. The Morgan fingerprint density at radius 3 is 2.36 bits per heavy atom. The van der Waals surface area contributed by atoms with E-state index in [9.17, 15) is 4.79 Å². The second-order valence-electron chi connectivity index (χ2n) is 5.07. The Kier molecular flexibility index (Phi) is 6.28. The molecule has 2 aromatic rings. The molecule has 0 spiro atoms. The summed E-state index contributed by atoms with van der Waals surface area (Å²) in [7, 11) is 1.67. The molecule has 1 amide bonds. The van der Waals surface area contributed by atoms with Gasteiger partial charge in [-0.25, -0.2) is 0 Å². The second kappa shape index (κ2) is 8.44. The van der Waals surface area contributed by atoms with Crippen LogP contribution < -0.4 is 10.1 Å². The van der Waals surface area contributed by atoms with Crippen LogP contribution in [0.3, 0.4) is 0 Å². The van der Waals surface area contributed by atoms with Crippen molar-refractivity contribution in [1.29, 1.82) is 0 Å². The van der Waals surface area contributed by atoms with Gasteiger partial charge in [0.25, 0.3) is 5.91 Å². The number of methoxy groups -OCH3 is 1. The summed E-state index contributed by atoms with van der Waals surface area (Å²) < 4.78 is 5.13. The summed E-state index contributed by atoms with van der Waals surface area (Å²) in [6, 6.07) is 15.0. The van der Waals surface area contributed by atoms with E-state index in [1.807, 2.05) is 12.1 Å². The Morgan fingerprint density at radius 1 is 1.05 bits per heavy atom. The van der Waals surface area contributed by atoms with Crippen LogP contribution in [0.25, 0.3) is 0 Å². The minimum atomic E-state index is -0.0545. The molecule has 0 saturated heterocycles. The quantitative estimate of drug-likeness (QED) is 0.781. The average molecular weight is 318 g/mol. The van der Waals surface area contributed by atoms with Crippen molar-refractivity contribution in [3.63, 3.8) is 0 Å². The van der Waals surface area contributed by atoms with E-state index in [0.29, 0.717) is 17.1 Å². The lowest BCUT2D eigenvalue weighted by molar-refractivity contribution is 0.0953. The van der Waals surface area contributed by atoms with Crippen molar-refractivity contribution in [1.82, 2.24) is 5.32 Å². The van der Waals surface area contributed by atoms with Gasteiger partial charge in [0.05, 0.1) is 7.11 Å². The standard InChI is InChI=1S/C18H20ClNO2/c1-22-17-11-5-14(6-12-17)4-2-3-13-20-18(21)15-7-9-16(19)10-8-15/h5-12H,2-4,13H2,1H3,(H,20,21). The molecule has 22 heavy (non-hydrogen) atoms. The van der Waals surface area contributed by atoms with Crippen LogP contribution in [0.1, 0.15) is 28.8 Å². The first kappa shape index (κ1) is 16.4. The molecule has 3 nitrogen and oxygen atoms in total. The Labute approximate surface area is 136 Å². The molecule has 4 heteroatoms. The number of unbranched alkanes of at least 4 members (excludes halogenated alkanes) is 1. The van der Waals surface area contributed by atoms with Crippen molar-refractivity contribution in [3.05, 3.63) is 64.7 Å². The number of rotatable bonds is 7. The molecule has 0 radical (unpaired) electrons. The zero-order chi connectivity index (χ0) is 15.8. The van der Waals surface area contributed by atoms with Gasteiger partial charge < -0.3 is 10.1 Å². The molecule has 116 valence electrons. The van der Waals surface area contributed by atoms with Crippen LogP contribution in [0.5, 0.6) is 5.75 Å². The van der Waals surface area contributed by atoms with E-state index in [4.69, 9.17) is 16.3 Å². The number of benzene rings is 2. The second-order valence-corrected chi connectivity index (χ2v) is 5.50. The zero-order valence-electron chi connectivity index (χ0n) is 12.6. The maximum Gasteiger partial charge on any atom is 0.251 e. The van der Waals surface area contributed by atoms with E-state index in [2.05, 4.69) is 17.4 Å². The molecule has 0 bridgehead atoms. The van der Waals surface area contributed by atoms with Crippen molar-refractivity contribution in [2.24, 2.45) is 0 Å². The van der Waals surface area contributed by atoms with Crippen LogP contribution in [-0.4, -0.2) is 19.6 Å². The molecule has 0 aliphatic carbocycles. The molecular formula is C18H20ClNO2. The van der Waals surface area contributed by atoms with Gasteiger partial charge in [-0.2, -0.15) is 0 Å². The minimum Gasteiger partial charge on any atom is -0.497 e. The summed E-state index contributed by atoms with van der Waals surface area (Å²) in [4.78, 5) is 11.9. The fourth-order valence-corrected chi connectivity index (χ4v) is 2.28. The predicted octanol–water partition coefficient (Wildman–Crippen LogP) is 4.10. The predicted molar refractivity (Wildman–Crippen MR) is 89.7 cm³/mol. The van der Waals surface area contributed by atoms with Crippen LogP contribution >= 0.6 is 11.6 Å². The van der Waals surface area contributed by atoms with Gasteiger partial charge in [0.1, 0.15) is 5.75 Å². The third kappa shape index (κ3) is 5.08. The van der Waals surface area contributed by atoms with Crippen LogP contribution in [0.2, 0.25) is 5.02 Å². The highest BCUT2D eigenvalue weighted by Crippen LogP contribution is 2.13. The lowest BCUT2D eigenvalue weighted by Gasteiger charge is -2.06. The van der Waals surface area contributed by atoms with Crippen LogP contribution in [0.4, 0.5) is 0 Å². The highest BCUT2D eigenvalue weighted by atomic mass is 35.5. The largest absolute Gasteiger partial charge is 0.497 e. The fraction of sp³-hybridized carbons (Fsp3) is 0.278. The Bertz CT molecular complexity index is 593. The fourth-order valence-electron chi connectivity index (χ4n) is 2.15. The first-order valence-corrected chi connectivity index (χ1v) is 7.73. The minimum absolute atomic E-state index is 0.0545. The number of aryl methyl sites for hydroxylation is 1. The molecule has 0 saturated carbocycles. The Hall–Kier alpha value is -2.00. The highest BCUT2D eigenvalue weighted by molar-refractivity contribution is 6.30. The van der Waals surface area contributed by atoms with E-state index in [1.165, 1.54) is 5.56 Å². The smallest absolute Gasteiger partial charge is 0.251 e. The Balaban J connectivity index is 1.66. The van der Waals surface area contributed by atoms with Crippen LogP contribution in [0, 0.1) is 0 Å². The lowest BCUT2D eigenvalue weighted by Crippen LogP contribution is -2.24. The molecule has 0 heterocycles. The molecule has 0 aliphatic rings. The van der Waals surface area contributed by atoms with E-state index in [-0.39, 0.29) is 5.91 Å². The number of hydrogen-bond donors (Lipinski definition) is 1. The number of halogens is 1. The van der Waals surface area contributed by atoms with E-state index in [1.54, 1.807) is 31.4 Å². The van der Waals surface area contributed by atoms with Gasteiger partial charge >= 0.3 is 0 Å². The topological polar surface area (TPSA) is 38.3 Å². The molecule has 2 aromatic carbocycles. The third-order valence-electron chi connectivity index (χ3n) is 3.44. The normalized spacial score (nSPS) is 10.3. The molecule has 0 aromatic heterocycles. The zero-order valence-corrected chi connectivity index (χ0v) is 13.4. The SMILES string of the molecule is COc1ccc(CCCCNC(=O)c2ccc(Cl)cc2)cc1. The van der Waals surface area contributed by atoms with Gasteiger partial charge in [-0.15, -0.1) is 0 Å². The lowest BCUT2D eigenvalue weighted by atomic mass is 10.1. The van der Waals surface area contributed by atoms with Gasteiger partial charge in [0, 0.05) is 17.1 Å². The molecule has 0 atom stereocenters. The number of amides is 1. The molecule has 0 fully saturated rings. The summed E-state index contributed by atoms with van der Waals surface area (Å²) in [5, 5.41) is 3.56. The first-order chi connectivity index (χ1) is 10.7. The summed E-state index contributed by atoms with van der Waals surface area (Å²) in [6.45, 7) is 0.678. The number of nitrogens with one attached hydrogen (secondary N) is 1. The molecule has 0 aliphatic heterocycles. The molecule has 2 rings (SSSR count). The number of ether oxygens (including phenoxy) is 1. The van der Waals surface area contributed by atoms with Gasteiger partial charge in [-0.1, -0.05) is 23.7 Å². The van der Waals surface area contributed by atoms with E-state index < -0.39 is 0 Å². The maximum atomic E-state index is 11.9. The van der Waals surface area contributed by atoms with E-state index >= 15 is 0 Å². The molecule has 0 unspecified atom stereocenters. The first-order valence-electron chi connectivity index (χ1n) is 7.36. The van der Waals surface area contributed by atoms with Crippen molar-refractivity contribution >= 4 is 17.5 Å². The van der Waals surface area contributed by atoms with Crippen LogP contribution in [-0.2, 0) is 6.42 Å². The summed E-state index contributed by atoms with van der Waals surface area (Å²) >= 11 is 5.80. The van der Waals surface area contributed by atoms with Crippen molar-refractivity contribution in [2.45, 2.75) is 19.3 Å². The third-order valence-corrected chi connectivity index (χ3v) is 3.70. The monoisotopic (exact) mass is 317 g/mol. The van der Waals surface area contributed by atoms with Gasteiger partial charge in [-0.05, 0) is 61.2 Å². The van der Waals surface area contributed by atoms with Crippen molar-refractivity contribution in [3.8, 4) is 5.75 Å².